The van der Waals surface area contributed by atoms with Crippen molar-refractivity contribution in [3.63, 3.8) is 0 Å². The fourth-order valence-electron chi connectivity index (χ4n) is 3.92. The van der Waals surface area contributed by atoms with Crippen LogP contribution in [0.1, 0.15) is 43.7 Å². The zero-order valence-corrected chi connectivity index (χ0v) is 15.3. The Bertz CT molecular complexity index is 808. The second-order valence-electron chi connectivity index (χ2n) is 6.61. The smallest absolute Gasteiger partial charge is 0.320 e. The van der Waals surface area contributed by atoms with Crippen molar-refractivity contribution in [1.82, 2.24) is 0 Å². The third-order valence-corrected chi connectivity index (χ3v) is 5.31. The molecule has 3 heteroatoms. The van der Waals surface area contributed by atoms with E-state index < -0.39 is 11.4 Å². The van der Waals surface area contributed by atoms with Gasteiger partial charge >= 0.3 is 5.97 Å². The van der Waals surface area contributed by atoms with Crippen LogP contribution in [0.4, 0.5) is 0 Å². The highest BCUT2D eigenvalue weighted by molar-refractivity contribution is 6.14. The monoisotopic (exact) mass is 348 g/mol. The molecule has 2 aromatic rings. The van der Waals surface area contributed by atoms with Crippen molar-refractivity contribution in [3.05, 3.63) is 77.9 Å². The lowest BCUT2D eigenvalue weighted by molar-refractivity contribution is -0.161. The molecule has 1 aliphatic carbocycles. The number of carbonyl (C=O) groups excluding carboxylic acids is 2. The van der Waals surface area contributed by atoms with E-state index >= 15 is 0 Å². The van der Waals surface area contributed by atoms with Gasteiger partial charge in [-0.2, -0.15) is 0 Å². The van der Waals surface area contributed by atoms with Crippen LogP contribution in [0.25, 0.3) is 5.57 Å². The second kappa shape index (κ2) is 7.69. The molecular formula is C23H24O3. The van der Waals surface area contributed by atoms with Gasteiger partial charge in [-0.3, -0.25) is 9.59 Å². The largest absolute Gasteiger partial charge is 0.465 e. The van der Waals surface area contributed by atoms with Gasteiger partial charge in [0, 0.05) is 5.92 Å². The van der Waals surface area contributed by atoms with Crippen molar-refractivity contribution in [2.75, 3.05) is 6.61 Å². The quantitative estimate of drug-likeness (QED) is 0.576. The molecule has 0 radical (unpaired) electrons. The van der Waals surface area contributed by atoms with Crippen molar-refractivity contribution in [2.45, 2.75) is 32.6 Å². The minimum absolute atomic E-state index is 0.155. The molecule has 3 nitrogen and oxygen atoms in total. The van der Waals surface area contributed by atoms with Crippen LogP contribution in [0, 0.1) is 5.41 Å². The van der Waals surface area contributed by atoms with Gasteiger partial charge in [0.2, 0.25) is 0 Å². The topological polar surface area (TPSA) is 43.4 Å². The number of hydrogen-bond acceptors (Lipinski definition) is 3. The van der Waals surface area contributed by atoms with Crippen molar-refractivity contribution in [2.24, 2.45) is 5.41 Å². The van der Waals surface area contributed by atoms with Crippen LogP contribution in [0.3, 0.4) is 0 Å². The van der Waals surface area contributed by atoms with Crippen LogP contribution in [0.15, 0.2) is 66.7 Å². The van der Waals surface area contributed by atoms with Gasteiger partial charge < -0.3 is 4.74 Å². The van der Waals surface area contributed by atoms with Gasteiger partial charge in [-0.15, -0.1) is 0 Å². The maximum absolute atomic E-state index is 13.3. The van der Waals surface area contributed by atoms with E-state index in [0.29, 0.717) is 12.8 Å². The van der Waals surface area contributed by atoms with Crippen LogP contribution in [-0.4, -0.2) is 18.4 Å². The summed E-state index contributed by atoms with van der Waals surface area (Å²) in [6, 6.07) is 19.7. The number of allylic oxidation sites excluding steroid dienone is 2. The van der Waals surface area contributed by atoms with Gasteiger partial charge in [0.05, 0.1) is 6.61 Å². The lowest BCUT2D eigenvalue weighted by Gasteiger charge is -2.40. The van der Waals surface area contributed by atoms with E-state index in [9.17, 15) is 9.59 Å². The van der Waals surface area contributed by atoms with Crippen LogP contribution in [0.5, 0.6) is 0 Å². The highest BCUT2D eigenvalue weighted by Gasteiger charge is 2.53. The Labute approximate surface area is 154 Å². The number of hydrogen-bond donors (Lipinski definition) is 0. The summed E-state index contributed by atoms with van der Waals surface area (Å²) in [5, 5.41) is 0. The van der Waals surface area contributed by atoms with Crippen molar-refractivity contribution in [1.29, 1.82) is 0 Å². The van der Waals surface area contributed by atoms with Crippen molar-refractivity contribution >= 4 is 17.3 Å². The van der Waals surface area contributed by atoms with Gasteiger partial charge in [0.1, 0.15) is 5.41 Å². The molecule has 0 heterocycles. The highest BCUT2D eigenvalue weighted by Crippen LogP contribution is 2.50. The van der Waals surface area contributed by atoms with Crippen LogP contribution >= 0.6 is 0 Å². The van der Waals surface area contributed by atoms with Gasteiger partial charge in [0.25, 0.3) is 0 Å². The fourth-order valence-corrected chi connectivity index (χ4v) is 3.92. The molecule has 0 saturated heterocycles. The Kier molecular flexibility index (Phi) is 5.36. The molecule has 134 valence electrons. The highest BCUT2D eigenvalue weighted by atomic mass is 16.5. The van der Waals surface area contributed by atoms with Gasteiger partial charge in [-0.25, -0.2) is 0 Å². The first-order valence-corrected chi connectivity index (χ1v) is 9.16. The Morgan fingerprint density at radius 3 is 2.23 bits per heavy atom. The molecule has 2 aromatic carbocycles. The molecular weight excluding hydrogens is 324 g/mol. The molecule has 1 aliphatic rings. The normalized spacial score (nSPS) is 22.6. The van der Waals surface area contributed by atoms with E-state index in [4.69, 9.17) is 4.74 Å². The van der Waals surface area contributed by atoms with E-state index in [0.717, 1.165) is 16.7 Å². The zero-order valence-electron chi connectivity index (χ0n) is 15.3. The third-order valence-electron chi connectivity index (χ3n) is 5.31. The number of ether oxygens (including phenoxy) is 1. The molecule has 0 aliphatic heterocycles. The average molecular weight is 348 g/mol. The fraction of sp³-hybridized carbons (Fsp3) is 0.304. The first kappa shape index (κ1) is 18.1. The number of rotatable bonds is 5. The Hall–Kier alpha value is -2.68. The van der Waals surface area contributed by atoms with Crippen LogP contribution in [0.2, 0.25) is 0 Å². The third kappa shape index (κ3) is 3.10. The van der Waals surface area contributed by atoms with Crippen molar-refractivity contribution < 1.29 is 14.3 Å². The average Bonchev–Trinajstić information content (AvgIpc) is 2.69. The lowest BCUT2D eigenvalue weighted by atomic mass is 9.61. The van der Waals surface area contributed by atoms with Crippen LogP contribution < -0.4 is 0 Å². The van der Waals surface area contributed by atoms with E-state index in [1.165, 1.54) is 0 Å². The molecule has 0 saturated carbocycles. The minimum atomic E-state index is -1.16. The number of esters is 1. The lowest BCUT2D eigenvalue weighted by Crippen LogP contribution is -2.46. The van der Waals surface area contributed by atoms with Crippen LogP contribution in [-0.2, 0) is 14.3 Å². The molecule has 3 rings (SSSR count). The summed E-state index contributed by atoms with van der Waals surface area (Å²) in [5.41, 5.74) is 1.83. The van der Waals surface area contributed by atoms with Gasteiger partial charge in [-0.05, 0) is 42.5 Å². The predicted octanol–water partition coefficient (Wildman–Crippen LogP) is 4.79. The first-order chi connectivity index (χ1) is 12.6. The van der Waals surface area contributed by atoms with Gasteiger partial charge in [0.15, 0.2) is 5.78 Å². The van der Waals surface area contributed by atoms with Gasteiger partial charge in [-0.1, -0.05) is 67.6 Å². The second-order valence-corrected chi connectivity index (χ2v) is 6.61. The minimum Gasteiger partial charge on any atom is -0.465 e. The summed E-state index contributed by atoms with van der Waals surface area (Å²) in [6.45, 7) is 3.94. The maximum Gasteiger partial charge on any atom is 0.320 e. The molecule has 0 N–H and O–H groups in total. The molecule has 0 bridgehead atoms. The summed E-state index contributed by atoms with van der Waals surface area (Å²) in [7, 11) is 0. The molecule has 0 unspecified atom stereocenters. The zero-order chi connectivity index (χ0) is 18.6. The van der Waals surface area contributed by atoms with E-state index in [-0.39, 0.29) is 18.3 Å². The standard InChI is InChI=1S/C23H24O3/c1-3-23(22(25)26-4-2)20(18-13-9-6-10-14-18)15-19(16-21(23)24)17-11-7-5-8-12-17/h5-14,16,20H,3-4,15H2,1-2H3/t20-,23-/m1/s1. The molecule has 0 amide bonds. The Morgan fingerprint density at radius 2 is 1.65 bits per heavy atom. The number of carbonyl (C=O) groups is 2. The number of benzene rings is 2. The first-order valence-electron chi connectivity index (χ1n) is 9.16. The van der Waals surface area contributed by atoms with Crippen molar-refractivity contribution in [3.8, 4) is 0 Å². The Morgan fingerprint density at radius 1 is 1.04 bits per heavy atom. The van der Waals surface area contributed by atoms with E-state index in [1.807, 2.05) is 67.6 Å². The predicted molar refractivity (Wildman–Crippen MR) is 103 cm³/mol. The SMILES string of the molecule is CCOC(=O)[C@@]1(CC)C(=O)C=C(c2ccccc2)C[C@@H]1c1ccccc1. The summed E-state index contributed by atoms with van der Waals surface area (Å²) in [5.74, 6) is -0.803. The maximum atomic E-state index is 13.3. The summed E-state index contributed by atoms with van der Waals surface area (Å²) < 4.78 is 5.35. The molecule has 0 spiro atoms. The number of ketones is 1. The molecule has 26 heavy (non-hydrogen) atoms. The summed E-state index contributed by atoms with van der Waals surface area (Å²) >= 11 is 0. The summed E-state index contributed by atoms with van der Waals surface area (Å²) in [6.07, 6.45) is 2.70. The molecule has 2 atom stereocenters. The Balaban J connectivity index is 2.13. The molecule has 0 fully saturated rings. The van der Waals surface area contributed by atoms with E-state index in [1.54, 1.807) is 13.0 Å². The molecule has 0 aromatic heterocycles. The summed E-state index contributed by atoms with van der Waals surface area (Å²) in [4.78, 5) is 26.2. The van der Waals surface area contributed by atoms with E-state index in [2.05, 4.69) is 0 Å².